The lowest BCUT2D eigenvalue weighted by atomic mass is 9.81. The first-order valence-electron chi connectivity index (χ1n) is 27.8. The number of likely N-dealkylation sites (tertiary alicyclic amines) is 1. The van der Waals surface area contributed by atoms with Gasteiger partial charge in [0.05, 0.1) is 54.6 Å². The van der Waals surface area contributed by atoms with Gasteiger partial charge in [-0.05, 0) is 110 Å². The van der Waals surface area contributed by atoms with Crippen LogP contribution in [0.5, 0.6) is 5.75 Å². The van der Waals surface area contributed by atoms with Gasteiger partial charge in [0.1, 0.15) is 23.9 Å². The van der Waals surface area contributed by atoms with Crippen molar-refractivity contribution < 1.29 is 33.8 Å². The number of anilines is 1. The highest BCUT2D eigenvalue weighted by Gasteiger charge is 2.54. The van der Waals surface area contributed by atoms with Crippen LogP contribution in [0.25, 0.3) is 33.3 Å². The highest BCUT2D eigenvalue weighted by atomic mass is 16.5. The number of hydrogen-bond acceptors (Lipinski definition) is 13. The third-order valence-electron chi connectivity index (χ3n) is 17.1. The largest absolute Gasteiger partial charge is 0.508 e. The van der Waals surface area contributed by atoms with Crippen LogP contribution < -0.4 is 15.6 Å². The van der Waals surface area contributed by atoms with E-state index in [1.807, 2.05) is 68.3 Å². The summed E-state index contributed by atoms with van der Waals surface area (Å²) in [5, 5.41) is 26.8. The second-order valence-corrected chi connectivity index (χ2v) is 23.6. The SMILES string of the molecule is CCn1c(-c2cc(N3CCN(C)CC3)cnc2[C@H](C)OC)c2c3cc(ccc31)-c1cc(O)cc(c1)C[C@H](NC(=O)[C@H](C(C)C)N(C)C(=O)[C@H]1[C@@H](c3ccccc3)CN1CC#N)C(=O)N1CC3C[C@@H]3[C@H](N1)C(=O)OCC(C)(C)C2. The van der Waals surface area contributed by atoms with Crippen LogP contribution >= 0.6 is 0 Å². The number of nitriles is 1. The van der Waals surface area contributed by atoms with Crippen LogP contribution in [-0.2, 0) is 48.0 Å². The number of piperazine rings is 1. The van der Waals surface area contributed by atoms with E-state index in [0.29, 0.717) is 31.6 Å². The summed E-state index contributed by atoms with van der Waals surface area (Å²) < 4.78 is 14.7. The van der Waals surface area contributed by atoms with Crippen molar-refractivity contribution in [2.75, 3.05) is 78.5 Å². The number of methoxy groups -OCH3 is 1. The molecule has 5 aliphatic rings. The predicted octanol–water partition coefficient (Wildman–Crippen LogP) is 6.53. The van der Waals surface area contributed by atoms with Crippen molar-refractivity contribution in [3.8, 4) is 34.2 Å². The first kappa shape index (κ1) is 54.5. The normalized spacial score (nSPS) is 24.3. The smallest absolute Gasteiger partial charge is 0.325 e. The number of nitrogens with one attached hydrogen (secondary N) is 2. The average molecular weight is 1060 g/mol. The van der Waals surface area contributed by atoms with Crippen molar-refractivity contribution in [3.05, 3.63) is 101 Å². The molecule has 3 amide bonds. The number of carbonyl (C=O) groups is 4. The van der Waals surface area contributed by atoms with Gasteiger partial charge in [-0.15, -0.1) is 0 Å². The molecule has 17 nitrogen and oxygen atoms in total. The lowest BCUT2D eigenvalue weighted by Crippen LogP contribution is -2.65. The number of phenols is 1. The number of fused-ring (bicyclic) bond motifs is 8. The summed E-state index contributed by atoms with van der Waals surface area (Å²) in [6, 6.07) is 22.2. The topological polar surface area (TPSA) is 189 Å². The molecule has 8 atom stereocenters. The molecule has 5 aromatic rings. The minimum Gasteiger partial charge on any atom is -0.508 e. The summed E-state index contributed by atoms with van der Waals surface area (Å²) in [6.07, 6.45) is 2.90. The molecule has 4 fully saturated rings. The maximum Gasteiger partial charge on any atom is 0.325 e. The fourth-order valence-corrected chi connectivity index (χ4v) is 12.7. The van der Waals surface area contributed by atoms with E-state index in [-0.39, 0.29) is 61.0 Å². The summed E-state index contributed by atoms with van der Waals surface area (Å²) in [7, 11) is 5.47. The number of hydrazine groups is 1. The van der Waals surface area contributed by atoms with Gasteiger partial charge in [0.2, 0.25) is 11.8 Å². The summed E-state index contributed by atoms with van der Waals surface area (Å²) in [5.74, 6) is -2.24. The van der Waals surface area contributed by atoms with Crippen molar-refractivity contribution >= 4 is 40.3 Å². The van der Waals surface area contributed by atoms with Gasteiger partial charge in [0, 0.05) is 94.2 Å². The van der Waals surface area contributed by atoms with E-state index in [1.54, 1.807) is 26.3 Å². The van der Waals surface area contributed by atoms with Gasteiger partial charge in [-0.1, -0.05) is 70.2 Å². The molecule has 1 saturated carbocycles. The van der Waals surface area contributed by atoms with Gasteiger partial charge < -0.3 is 39.2 Å². The minimum absolute atomic E-state index is 0.00630. The number of esters is 1. The Balaban J connectivity index is 1.05. The molecule has 1 unspecified atom stereocenters. The van der Waals surface area contributed by atoms with Crippen LogP contribution in [0.3, 0.4) is 0 Å². The van der Waals surface area contributed by atoms with Crippen LogP contribution in [-0.4, -0.2) is 156 Å². The van der Waals surface area contributed by atoms with Gasteiger partial charge in [0.25, 0.3) is 5.91 Å². The van der Waals surface area contributed by atoms with Gasteiger partial charge >= 0.3 is 5.97 Å². The molecule has 6 bridgehead atoms. The number of rotatable bonds is 12. The Labute approximate surface area is 458 Å². The number of likely N-dealkylation sites (N-methyl/N-ethyl adjacent to an activating group) is 2. The molecule has 17 heteroatoms. The molecule has 0 radical (unpaired) electrons. The van der Waals surface area contributed by atoms with E-state index in [2.05, 4.69) is 83.3 Å². The number of hydrogen-bond donors (Lipinski definition) is 3. The second-order valence-electron chi connectivity index (χ2n) is 23.6. The maximum absolute atomic E-state index is 15.1. The molecule has 1 aliphatic carbocycles. The first-order chi connectivity index (χ1) is 37.4. The number of carbonyl (C=O) groups excluding carboxylic acids is 4. The Bertz CT molecular complexity index is 3130. The number of aryl methyl sites for hydroxylation is 1. The molecule has 2 aromatic heterocycles. The zero-order valence-electron chi connectivity index (χ0n) is 46.7. The molecule has 3 saturated heterocycles. The highest BCUT2D eigenvalue weighted by Crippen LogP contribution is 2.46. The van der Waals surface area contributed by atoms with E-state index in [1.165, 1.54) is 9.91 Å². The molecule has 6 heterocycles. The Morgan fingerprint density at radius 1 is 1.01 bits per heavy atom. The lowest BCUT2D eigenvalue weighted by Gasteiger charge is -2.48. The molecule has 4 aliphatic heterocycles. The summed E-state index contributed by atoms with van der Waals surface area (Å²) in [5.41, 5.74) is 11.8. The number of nitrogens with zero attached hydrogens (tertiary/aromatic N) is 8. The van der Waals surface area contributed by atoms with Gasteiger partial charge in [-0.25, -0.2) is 5.43 Å². The monoisotopic (exact) mass is 1060 g/mol. The minimum atomic E-state index is -1.18. The molecule has 10 rings (SSSR count). The molecule has 78 heavy (non-hydrogen) atoms. The van der Waals surface area contributed by atoms with Crippen LogP contribution in [0.15, 0.2) is 79.0 Å². The second kappa shape index (κ2) is 22.1. The fourth-order valence-electron chi connectivity index (χ4n) is 12.7. The lowest BCUT2D eigenvalue weighted by molar-refractivity contribution is -0.156. The van der Waals surface area contributed by atoms with E-state index >= 15 is 4.79 Å². The van der Waals surface area contributed by atoms with E-state index < -0.39 is 47.4 Å². The zero-order valence-corrected chi connectivity index (χ0v) is 46.7. The molecule has 3 aromatic carbocycles. The number of amides is 3. The number of benzene rings is 3. The van der Waals surface area contributed by atoms with Crippen molar-refractivity contribution in [1.82, 2.24) is 40.0 Å². The predicted molar refractivity (Wildman–Crippen MR) is 299 cm³/mol. The van der Waals surface area contributed by atoms with Crippen LogP contribution in [0.4, 0.5) is 5.69 Å². The summed E-state index contributed by atoms with van der Waals surface area (Å²) >= 11 is 0. The van der Waals surface area contributed by atoms with Gasteiger partial charge in [-0.2, -0.15) is 5.26 Å². The molecule has 0 spiro atoms. The number of aromatic hydroxyl groups is 1. The van der Waals surface area contributed by atoms with Crippen molar-refractivity contribution in [1.29, 1.82) is 5.26 Å². The molecular formula is C61H76N10O7. The van der Waals surface area contributed by atoms with Crippen LogP contribution in [0.2, 0.25) is 0 Å². The highest BCUT2D eigenvalue weighted by molar-refractivity contribution is 5.97. The number of ether oxygens (including phenoxy) is 2. The van der Waals surface area contributed by atoms with Crippen molar-refractivity contribution in [2.45, 2.75) is 104 Å². The Morgan fingerprint density at radius 2 is 1.77 bits per heavy atom. The Kier molecular flexibility index (Phi) is 15.5. The Morgan fingerprint density at radius 3 is 2.47 bits per heavy atom. The quantitative estimate of drug-likeness (QED) is 0.0905. The third-order valence-corrected chi connectivity index (χ3v) is 17.1. The number of pyridine rings is 1. The van der Waals surface area contributed by atoms with Crippen molar-refractivity contribution in [3.63, 3.8) is 0 Å². The Hall–Kier alpha value is -6.84. The fraction of sp³-hybridized carbons (Fsp3) is 0.508. The molecule has 3 N–H and O–H groups in total. The summed E-state index contributed by atoms with van der Waals surface area (Å²) in [4.78, 5) is 72.3. The summed E-state index contributed by atoms with van der Waals surface area (Å²) in [6.45, 7) is 17.4. The third kappa shape index (κ3) is 10.7. The van der Waals surface area contributed by atoms with E-state index in [0.717, 1.165) is 88.4 Å². The first-order valence-corrected chi connectivity index (χ1v) is 27.8. The molecular weight excluding hydrogens is 985 g/mol. The maximum atomic E-state index is 15.1. The van der Waals surface area contributed by atoms with Gasteiger partial charge in [-0.3, -0.25) is 34.1 Å². The van der Waals surface area contributed by atoms with Gasteiger partial charge in [0.15, 0.2) is 0 Å². The van der Waals surface area contributed by atoms with Crippen molar-refractivity contribution in [2.24, 2.45) is 23.2 Å². The number of phenolic OH excluding ortho intramolecular Hbond substituents is 1. The number of cyclic esters (lactones) is 1. The zero-order chi connectivity index (χ0) is 55.3. The standard InChI is InChI=1S/C61H76N10O7/c1-10-70-51-17-16-40-28-46(51)48(55(70)47-30-43(32-63-52(47)37(4)77-9)68-22-20-66(7)21-23-68)31-61(5,6)35-78-60(76)53-45-29-42(45)33-71(65-53)58(74)50(26-38-24-41(40)27-44(72)25-38)64-57(73)54(36(2)3)67(8)59(75)56-49(34-69(56)19-18-62)39-14-12-11-13-15-39/h11-17,24-25,27-28,30,32,36-37,42,45,49-50,53-54,56,65,72H,10,19-23,26,29,31,33-35H2,1-9H3,(H,64,73)/t37-,42?,45-,49+,50-,53-,54-,56+/m0/s1. The number of aromatic nitrogens is 2. The average Bonchev–Trinajstić information content (AvgIpc) is 4.31. The van der Waals surface area contributed by atoms with Crippen LogP contribution in [0, 0.1) is 34.5 Å². The van der Waals surface area contributed by atoms with E-state index in [4.69, 9.17) is 14.5 Å². The molecule has 412 valence electrons. The van der Waals surface area contributed by atoms with Crippen LogP contribution in [0.1, 0.15) is 82.4 Å². The van der Waals surface area contributed by atoms with E-state index in [9.17, 15) is 24.8 Å².